The van der Waals surface area contributed by atoms with Gasteiger partial charge in [0.2, 0.25) is 11.6 Å². The molecule has 2 aliphatic heterocycles. The highest BCUT2D eigenvalue weighted by molar-refractivity contribution is 5.84. The van der Waals surface area contributed by atoms with Crippen molar-refractivity contribution >= 4 is 5.57 Å². The topological polar surface area (TPSA) is 36.9 Å². The molecule has 0 atom stereocenters. The second kappa shape index (κ2) is 8.79. The molecule has 3 aromatic carbocycles. The van der Waals surface area contributed by atoms with Gasteiger partial charge in [0.25, 0.3) is 0 Å². The first kappa shape index (κ1) is 23.0. The van der Waals surface area contributed by atoms with Gasteiger partial charge < -0.3 is 18.9 Å². The third kappa shape index (κ3) is 4.89. The van der Waals surface area contributed by atoms with Crippen LogP contribution < -0.4 is 14.2 Å². The van der Waals surface area contributed by atoms with Crippen LogP contribution in [0, 0.1) is 0 Å². The first-order valence-electron chi connectivity index (χ1n) is 11.8. The molecule has 0 fully saturated rings. The van der Waals surface area contributed by atoms with E-state index in [-0.39, 0.29) is 0 Å². The summed E-state index contributed by atoms with van der Waals surface area (Å²) in [6, 6.07) is 20.5. The quantitative estimate of drug-likeness (QED) is 0.367. The Kier molecular flexibility index (Phi) is 5.78. The average Bonchev–Trinajstić information content (AvgIpc) is 2.93. The molecular formula is C31H30O4. The van der Waals surface area contributed by atoms with E-state index in [1.54, 1.807) is 0 Å². The summed E-state index contributed by atoms with van der Waals surface area (Å²) in [7, 11) is 0. The molecule has 4 heteroatoms. The minimum absolute atomic E-state index is 0.469. The summed E-state index contributed by atoms with van der Waals surface area (Å²) < 4.78 is 24.6. The van der Waals surface area contributed by atoms with Gasteiger partial charge in [-0.05, 0) is 47.0 Å². The molecular weight excluding hydrogens is 436 g/mol. The third-order valence-corrected chi connectivity index (χ3v) is 5.95. The summed E-state index contributed by atoms with van der Waals surface area (Å²) in [5.74, 6) is 0.779. The molecule has 2 heterocycles. The molecule has 4 nitrogen and oxygen atoms in total. The first-order valence-corrected chi connectivity index (χ1v) is 11.8. The van der Waals surface area contributed by atoms with Crippen molar-refractivity contribution in [2.75, 3.05) is 6.61 Å². The van der Waals surface area contributed by atoms with Crippen LogP contribution in [0.15, 0.2) is 91.5 Å². The molecule has 5 rings (SSSR count). The molecule has 178 valence electrons. The molecule has 3 aromatic rings. The van der Waals surface area contributed by atoms with E-state index in [1.807, 2.05) is 82.3 Å². The molecule has 0 saturated carbocycles. The van der Waals surface area contributed by atoms with Crippen molar-refractivity contribution in [1.29, 1.82) is 0 Å². The van der Waals surface area contributed by atoms with Crippen molar-refractivity contribution in [3.05, 3.63) is 97.1 Å². The first-order chi connectivity index (χ1) is 16.7. The van der Waals surface area contributed by atoms with Crippen molar-refractivity contribution in [3.63, 3.8) is 0 Å². The fourth-order valence-corrected chi connectivity index (χ4v) is 4.33. The van der Waals surface area contributed by atoms with Crippen molar-refractivity contribution < 1.29 is 18.9 Å². The maximum absolute atomic E-state index is 6.27. The summed E-state index contributed by atoms with van der Waals surface area (Å²) in [5.41, 5.74) is 5.90. The van der Waals surface area contributed by atoms with E-state index < -0.39 is 11.6 Å². The van der Waals surface area contributed by atoms with Crippen LogP contribution in [0.5, 0.6) is 17.2 Å². The summed E-state index contributed by atoms with van der Waals surface area (Å²) in [6.45, 7) is 12.4. The van der Waals surface area contributed by atoms with Crippen molar-refractivity contribution in [2.24, 2.45) is 0 Å². The number of para-hydroxylation sites is 1. The average molecular weight is 467 g/mol. The standard InChI is InChI=1S/C31H30O4/c1-21-11-7-6-10-18-32-30(2,3)33-28-16-14-22(19-25(21)28)23-15-17-29-26(20-23)24-12-8-9-13-27(24)34-31(4,5)35-29/h6-17,19-20H,1,18H2,2-5H3/b10-6-,11-7-. The van der Waals surface area contributed by atoms with Gasteiger partial charge in [-0.2, -0.15) is 0 Å². The summed E-state index contributed by atoms with van der Waals surface area (Å²) in [4.78, 5) is 0. The number of fused-ring (bicyclic) bond motifs is 4. The maximum Gasteiger partial charge on any atom is 0.245 e. The van der Waals surface area contributed by atoms with Crippen LogP contribution in [0.3, 0.4) is 0 Å². The largest absolute Gasteiger partial charge is 0.462 e. The zero-order valence-corrected chi connectivity index (χ0v) is 20.6. The number of benzene rings is 3. The molecule has 0 bridgehead atoms. The van der Waals surface area contributed by atoms with Gasteiger partial charge in [0.15, 0.2) is 0 Å². The minimum Gasteiger partial charge on any atom is -0.462 e. The predicted molar refractivity (Wildman–Crippen MR) is 141 cm³/mol. The smallest absolute Gasteiger partial charge is 0.245 e. The summed E-state index contributed by atoms with van der Waals surface area (Å²) >= 11 is 0. The van der Waals surface area contributed by atoms with E-state index in [2.05, 4.69) is 36.9 Å². The lowest BCUT2D eigenvalue weighted by Gasteiger charge is -2.27. The summed E-state index contributed by atoms with van der Waals surface area (Å²) in [5, 5.41) is 0. The second-order valence-electron chi connectivity index (χ2n) is 9.65. The molecule has 0 amide bonds. The van der Waals surface area contributed by atoms with E-state index in [4.69, 9.17) is 18.9 Å². The Balaban J connectivity index is 1.61. The van der Waals surface area contributed by atoms with Gasteiger partial charge >= 0.3 is 0 Å². The van der Waals surface area contributed by atoms with E-state index in [0.29, 0.717) is 6.61 Å². The number of ether oxygens (including phenoxy) is 4. The molecule has 0 saturated heterocycles. The highest BCUT2D eigenvalue weighted by Gasteiger charge is 2.29. The van der Waals surface area contributed by atoms with Gasteiger partial charge in [-0.3, -0.25) is 0 Å². The van der Waals surface area contributed by atoms with Crippen molar-refractivity contribution in [2.45, 2.75) is 39.3 Å². The Bertz CT molecular complexity index is 1340. The van der Waals surface area contributed by atoms with Crippen LogP contribution in [0.4, 0.5) is 0 Å². The third-order valence-electron chi connectivity index (χ3n) is 5.95. The Morgan fingerprint density at radius 1 is 0.657 bits per heavy atom. The number of hydrogen-bond acceptors (Lipinski definition) is 4. The van der Waals surface area contributed by atoms with Crippen LogP contribution >= 0.6 is 0 Å². The fourth-order valence-electron chi connectivity index (χ4n) is 4.33. The molecule has 0 aliphatic carbocycles. The monoisotopic (exact) mass is 466 g/mol. The fraction of sp³-hybridized carbons (Fsp3) is 0.226. The van der Waals surface area contributed by atoms with Gasteiger partial charge in [-0.15, -0.1) is 0 Å². The van der Waals surface area contributed by atoms with Crippen LogP contribution in [0.2, 0.25) is 0 Å². The van der Waals surface area contributed by atoms with E-state index >= 15 is 0 Å². The predicted octanol–water partition coefficient (Wildman–Crippen LogP) is 7.80. The highest BCUT2D eigenvalue weighted by Crippen LogP contribution is 2.44. The molecule has 0 spiro atoms. The van der Waals surface area contributed by atoms with E-state index in [0.717, 1.165) is 50.6 Å². The maximum atomic E-state index is 6.27. The zero-order chi connectivity index (χ0) is 24.6. The lowest BCUT2D eigenvalue weighted by atomic mass is 9.95. The SMILES string of the molecule is C=C1/C=C\C=C/COC(C)(C)Oc2ccc(-c3ccc4c(c3)-c3ccccc3OC(C)(C)O4)cc21. The van der Waals surface area contributed by atoms with E-state index in [1.165, 1.54) is 0 Å². The van der Waals surface area contributed by atoms with Crippen molar-refractivity contribution in [3.8, 4) is 39.5 Å². The molecule has 0 radical (unpaired) electrons. The Hall–Kier alpha value is -3.76. The van der Waals surface area contributed by atoms with Gasteiger partial charge in [0.05, 0.1) is 6.61 Å². The molecule has 0 N–H and O–H groups in total. The lowest BCUT2D eigenvalue weighted by molar-refractivity contribution is -0.147. The molecule has 35 heavy (non-hydrogen) atoms. The van der Waals surface area contributed by atoms with Crippen molar-refractivity contribution in [1.82, 2.24) is 0 Å². The number of rotatable bonds is 1. The van der Waals surface area contributed by atoms with Crippen LogP contribution in [-0.2, 0) is 4.74 Å². The zero-order valence-electron chi connectivity index (χ0n) is 20.6. The minimum atomic E-state index is -0.775. The lowest BCUT2D eigenvalue weighted by Crippen LogP contribution is -2.34. The summed E-state index contributed by atoms with van der Waals surface area (Å²) in [6.07, 6.45) is 7.88. The van der Waals surface area contributed by atoms with Gasteiger partial charge in [0, 0.05) is 44.4 Å². The second-order valence-corrected chi connectivity index (χ2v) is 9.65. The Morgan fingerprint density at radius 3 is 2.00 bits per heavy atom. The van der Waals surface area contributed by atoms with Crippen LogP contribution in [-0.4, -0.2) is 18.2 Å². The number of allylic oxidation sites excluding steroid dienone is 4. The van der Waals surface area contributed by atoms with Gasteiger partial charge in [-0.1, -0.05) is 61.2 Å². The van der Waals surface area contributed by atoms with Crippen LogP contribution in [0.1, 0.15) is 33.3 Å². The normalized spacial score (nSPS) is 19.7. The van der Waals surface area contributed by atoms with Crippen LogP contribution in [0.25, 0.3) is 27.8 Å². The number of hydrogen-bond donors (Lipinski definition) is 0. The Labute approximate surface area is 207 Å². The molecule has 2 aliphatic rings. The highest BCUT2D eigenvalue weighted by atomic mass is 16.7. The Morgan fingerprint density at radius 2 is 1.26 bits per heavy atom. The van der Waals surface area contributed by atoms with E-state index in [9.17, 15) is 0 Å². The van der Waals surface area contributed by atoms with Gasteiger partial charge in [0.1, 0.15) is 17.2 Å². The van der Waals surface area contributed by atoms with Gasteiger partial charge in [-0.25, -0.2) is 0 Å². The molecule has 0 aromatic heterocycles. The molecule has 0 unspecified atom stereocenters.